The van der Waals surface area contributed by atoms with Crippen molar-refractivity contribution in [3.8, 4) is 5.75 Å². The van der Waals surface area contributed by atoms with Crippen LogP contribution in [0.15, 0.2) is 6.07 Å². The molecule has 0 aliphatic rings. The van der Waals surface area contributed by atoms with Crippen LogP contribution in [0.4, 0.5) is 19.0 Å². The number of ether oxygens (including phenoxy) is 1. The van der Waals surface area contributed by atoms with Crippen molar-refractivity contribution in [1.29, 1.82) is 0 Å². The molecule has 1 heterocycles. The van der Waals surface area contributed by atoms with Crippen molar-refractivity contribution in [2.24, 2.45) is 0 Å². The number of halogens is 5. The first-order valence-electron chi connectivity index (χ1n) is 3.90. The van der Waals surface area contributed by atoms with Crippen molar-refractivity contribution < 1.29 is 22.8 Å². The van der Waals surface area contributed by atoms with E-state index in [1.54, 1.807) is 22.6 Å². The number of rotatable bonds is 3. The molecule has 0 bridgehead atoms. The molecule has 0 spiro atoms. The third-order valence-corrected chi connectivity index (χ3v) is 2.69. The molecule has 10 heteroatoms. The number of nitro groups is 1. The Kier molecular flexibility index (Phi) is 4.52. The number of hydrogen-bond acceptors (Lipinski definition) is 4. The second kappa shape index (κ2) is 5.33. The summed E-state index contributed by atoms with van der Waals surface area (Å²) in [5, 5.41) is 10.6. The fourth-order valence-electron chi connectivity index (χ4n) is 0.987. The van der Waals surface area contributed by atoms with E-state index >= 15 is 0 Å². The molecule has 0 aliphatic heterocycles. The molecule has 0 unspecified atom stereocenters. The molecule has 1 aromatic rings. The largest absolute Gasteiger partial charge is 0.573 e. The van der Waals surface area contributed by atoms with Gasteiger partial charge in [0.15, 0.2) is 0 Å². The Bertz CT molecular complexity index is 455. The summed E-state index contributed by atoms with van der Waals surface area (Å²) in [6.07, 6.45) is -5.00. The van der Waals surface area contributed by atoms with Gasteiger partial charge < -0.3 is 14.9 Å². The fourth-order valence-corrected chi connectivity index (χ4v) is 2.01. The van der Waals surface area contributed by atoms with E-state index in [0.717, 1.165) is 0 Å². The first-order valence-corrected chi connectivity index (χ1v) is 6.10. The van der Waals surface area contributed by atoms with Crippen LogP contribution < -0.4 is 4.74 Å². The Morgan fingerprint density at radius 2 is 2.18 bits per heavy atom. The first kappa shape index (κ1) is 14.4. The van der Waals surface area contributed by atoms with E-state index in [-0.39, 0.29) is 14.6 Å². The van der Waals surface area contributed by atoms with Crippen molar-refractivity contribution >= 4 is 44.3 Å². The number of hydrogen-bond donors (Lipinski definition) is 0. The van der Waals surface area contributed by atoms with Crippen LogP contribution in [0.5, 0.6) is 5.75 Å². The smallest absolute Gasteiger partial charge is 0.396 e. The molecule has 1 rings (SSSR count). The van der Waals surface area contributed by atoms with Crippen molar-refractivity contribution in [2.45, 2.75) is 11.7 Å². The van der Waals surface area contributed by atoms with E-state index in [4.69, 9.17) is 0 Å². The molecule has 0 radical (unpaired) electrons. The summed E-state index contributed by atoms with van der Waals surface area (Å²) in [6.45, 7) is 0. The Morgan fingerprint density at radius 1 is 1.59 bits per heavy atom. The van der Waals surface area contributed by atoms with Gasteiger partial charge in [-0.15, -0.1) is 13.2 Å². The topological polar surface area (TPSA) is 65.3 Å². The summed E-state index contributed by atoms with van der Waals surface area (Å²) in [6, 6.07) is 1.27. The minimum absolute atomic E-state index is 0.00780. The number of alkyl halides is 4. The second-order valence-corrected chi connectivity index (χ2v) is 4.36. The Morgan fingerprint density at radius 3 is 2.59 bits per heavy atom. The summed E-state index contributed by atoms with van der Waals surface area (Å²) in [5.41, 5.74) is 0.00780. The van der Waals surface area contributed by atoms with E-state index in [9.17, 15) is 23.3 Å². The van der Waals surface area contributed by atoms with E-state index in [0.29, 0.717) is 0 Å². The van der Waals surface area contributed by atoms with Crippen molar-refractivity contribution in [2.75, 3.05) is 0 Å². The molecule has 17 heavy (non-hydrogen) atoms. The highest BCUT2D eigenvalue weighted by Crippen LogP contribution is 2.35. The van der Waals surface area contributed by atoms with Gasteiger partial charge in [-0.3, -0.25) is 0 Å². The Hall–Kier alpha value is -0.650. The normalized spacial score (nSPS) is 11.4. The van der Waals surface area contributed by atoms with Gasteiger partial charge in [0.1, 0.15) is 0 Å². The zero-order chi connectivity index (χ0) is 13.2. The summed E-state index contributed by atoms with van der Waals surface area (Å²) < 4.78 is 40.2. The van der Waals surface area contributed by atoms with Crippen LogP contribution in [0.3, 0.4) is 0 Å². The zero-order valence-corrected chi connectivity index (χ0v) is 11.5. The lowest BCUT2D eigenvalue weighted by molar-refractivity contribution is -0.393. The number of aromatic nitrogens is 1. The maximum Gasteiger partial charge on any atom is 0.573 e. The minimum Gasteiger partial charge on any atom is -0.396 e. The lowest BCUT2D eigenvalue weighted by Crippen LogP contribution is -2.19. The van der Waals surface area contributed by atoms with Crippen molar-refractivity contribution in [1.82, 2.24) is 4.98 Å². The van der Waals surface area contributed by atoms with Gasteiger partial charge in [-0.25, -0.2) is 0 Å². The highest BCUT2D eigenvalue weighted by atomic mass is 127. The third kappa shape index (κ3) is 3.94. The van der Waals surface area contributed by atoms with Crippen LogP contribution in [0.25, 0.3) is 0 Å². The molecular formula is C7H3BrF3IN2O3. The monoisotopic (exact) mass is 426 g/mol. The van der Waals surface area contributed by atoms with Crippen LogP contribution in [-0.4, -0.2) is 16.3 Å². The average Bonchev–Trinajstić information content (AvgIpc) is 2.17. The molecule has 0 fully saturated rings. The average molecular weight is 427 g/mol. The van der Waals surface area contributed by atoms with Gasteiger partial charge in [-0.05, 0) is 9.91 Å². The third-order valence-electron chi connectivity index (χ3n) is 1.54. The van der Waals surface area contributed by atoms with Crippen molar-refractivity contribution in [3.63, 3.8) is 0 Å². The Labute approximate surface area is 115 Å². The maximum absolute atomic E-state index is 12.1. The van der Waals surface area contributed by atoms with E-state index < -0.39 is 22.9 Å². The summed E-state index contributed by atoms with van der Waals surface area (Å²) in [7, 11) is 0. The van der Waals surface area contributed by atoms with Crippen LogP contribution in [0.2, 0.25) is 0 Å². The van der Waals surface area contributed by atoms with Gasteiger partial charge in [0.05, 0.1) is 0 Å². The predicted octanol–water partition coefficient (Wildman–Crippen LogP) is 3.39. The lowest BCUT2D eigenvalue weighted by Gasteiger charge is -2.11. The van der Waals surface area contributed by atoms with Crippen LogP contribution >= 0.6 is 38.5 Å². The predicted molar refractivity (Wildman–Crippen MR) is 62.9 cm³/mol. The molecule has 0 N–H and O–H groups in total. The molecule has 0 amide bonds. The first-order chi connectivity index (χ1) is 7.74. The van der Waals surface area contributed by atoms with Crippen molar-refractivity contribution in [3.05, 3.63) is 25.4 Å². The van der Waals surface area contributed by atoms with E-state index in [1.165, 1.54) is 6.07 Å². The lowest BCUT2D eigenvalue weighted by atomic mass is 10.2. The summed E-state index contributed by atoms with van der Waals surface area (Å²) >= 11 is 4.60. The minimum atomic E-state index is -5.00. The molecule has 0 aromatic carbocycles. The van der Waals surface area contributed by atoms with E-state index in [1.807, 2.05) is 0 Å². The highest BCUT2D eigenvalue weighted by Gasteiger charge is 2.36. The van der Waals surface area contributed by atoms with Gasteiger partial charge in [0.25, 0.3) is 0 Å². The second-order valence-electron chi connectivity index (χ2n) is 2.70. The number of pyridine rings is 1. The van der Waals surface area contributed by atoms with Gasteiger partial charge in [-0.1, -0.05) is 15.9 Å². The Balaban J connectivity index is 3.37. The molecule has 1 aromatic heterocycles. The standard InChI is InChI=1S/C7H3BrF3IN2O3/c8-2-3-1-4(12)13-6(14(15)16)5(3)17-7(9,10)11/h1H,2H2. The molecule has 0 atom stereocenters. The van der Waals surface area contributed by atoms with Crippen LogP contribution in [0.1, 0.15) is 5.56 Å². The maximum atomic E-state index is 12.1. The number of nitrogens with zero attached hydrogens (tertiary/aromatic N) is 2. The van der Waals surface area contributed by atoms with Gasteiger partial charge in [-0.2, -0.15) is 0 Å². The molecule has 5 nitrogen and oxygen atoms in total. The molecule has 0 saturated heterocycles. The van der Waals surface area contributed by atoms with Gasteiger partial charge in [0, 0.05) is 39.6 Å². The zero-order valence-electron chi connectivity index (χ0n) is 7.79. The molecular weight excluding hydrogens is 424 g/mol. The van der Waals surface area contributed by atoms with Crippen LogP contribution in [0, 0.1) is 13.8 Å². The SMILES string of the molecule is O=[N+]([O-])c1nc(I)cc(CBr)c1OC(F)(F)F. The highest BCUT2D eigenvalue weighted by molar-refractivity contribution is 14.1. The molecule has 94 valence electrons. The molecule has 0 saturated carbocycles. The van der Waals surface area contributed by atoms with Crippen LogP contribution in [-0.2, 0) is 5.33 Å². The van der Waals surface area contributed by atoms with Gasteiger partial charge in [0.2, 0.25) is 9.45 Å². The molecule has 0 aliphatic carbocycles. The van der Waals surface area contributed by atoms with E-state index in [2.05, 4.69) is 25.7 Å². The van der Waals surface area contributed by atoms with Gasteiger partial charge >= 0.3 is 12.2 Å². The fraction of sp³-hybridized carbons (Fsp3) is 0.286. The quantitative estimate of drug-likeness (QED) is 0.244. The summed E-state index contributed by atoms with van der Waals surface area (Å²) in [4.78, 5) is 13.0. The summed E-state index contributed by atoms with van der Waals surface area (Å²) in [5.74, 6) is -1.84.